The fourth-order valence-electron chi connectivity index (χ4n) is 4.35. The number of carbonyl (C=O) groups excluding carboxylic acids is 1. The van der Waals surface area contributed by atoms with Gasteiger partial charge in [-0.2, -0.15) is 23.3 Å². The lowest BCUT2D eigenvalue weighted by atomic mass is 9.71. The Labute approximate surface area is 165 Å². The minimum absolute atomic E-state index is 0.0736. The van der Waals surface area contributed by atoms with Crippen molar-refractivity contribution in [2.75, 3.05) is 36.4 Å². The molecule has 2 aromatic heterocycles. The molecule has 2 unspecified atom stereocenters. The summed E-state index contributed by atoms with van der Waals surface area (Å²) in [5.74, 6) is -0.653. The highest BCUT2D eigenvalue weighted by atomic mass is 19.4. The molecule has 2 saturated heterocycles. The number of hydrogen-bond donors (Lipinski definition) is 1. The maximum atomic E-state index is 12.9. The molecule has 2 fully saturated rings. The smallest absolute Gasteiger partial charge is 0.355 e. The summed E-state index contributed by atoms with van der Waals surface area (Å²) in [6, 6.07) is 1.78. The van der Waals surface area contributed by atoms with Gasteiger partial charge in [0.05, 0.1) is 11.9 Å². The van der Waals surface area contributed by atoms with Crippen LogP contribution in [-0.4, -0.2) is 62.9 Å². The van der Waals surface area contributed by atoms with Gasteiger partial charge in [-0.1, -0.05) is 13.8 Å². The first-order valence-electron chi connectivity index (χ1n) is 9.19. The first-order valence-corrected chi connectivity index (χ1v) is 9.19. The number of carbonyl (C=O) groups is 1. The molecular weight excluding hydrogens is 387 g/mol. The van der Waals surface area contributed by atoms with Crippen LogP contribution in [0, 0.1) is 10.8 Å². The summed E-state index contributed by atoms with van der Waals surface area (Å²) in [6.07, 6.45) is 0.249. The molecule has 1 amide bonds. The third-order valence-electron chi connectivity index (χ3n) is 6.07. The van der Waals surface area contributed by atoms with Crippen molar-refractivity contribution >= 4 is 23.4 Å². The summed E-state index contributed by atoms with van der Waals surface area (Å²) in [4.78, 5) is 23.5. The first kappa shape index (κ1) is 19.5. The van der Waals surface area contributed by atoms with E-state index in [1.165, 1.54) is 0 Å². The van der Waals surface area contributed by atoms with E-state index in [1.807, 2.05) is 18.7 Å². The highest BCUT2D eigenvalue weighted by molar-refractivity contribution is 5.82. The Morgan fingerprint density at radius 3 is 2.38 bits per heavy atom. The SMILES string of the molecule is Cn1cc(Nc2nccc(N3CC4(C)CN(C(=O)C(F)(F)F)CC4(C)C3)n2)cn1. The van der Waals surface area contributed by atoms with E-state index in [4.69, 9.17) is 0 Å². The summed E-state index contributed by atoms with van der Waals surface area (Å²) in [5.41, 5.74) is -0.172. The Kier molecular flexibility index (Phi) is 4.25. The van der Waals surface area contributed by atoms with E-state index in [9.17, 15) is 18.0 Å². The van der Waals surface area contributed by atoms with Gasteiger partial charge in [0.15, 0.2) is 0 Å². The highest BCUT2D eigenvalue weighted by Gasteiger charge is 2.61. The molecule has 4 heterocycles. The molecule has 0 spiro atoms. The van der Waals surface area contributed by atoms with Crippen LogP contribution in [0.1, 0.15) is 13.8 Å². The Morgan fingerprint density at radius 1 is 1.17 bits per heavy atom. The van der Waals surface area contributed by atoms with Crippen LogP contribution in [0.25, 0.3) is 0 Å². The molecule has 156 valence electrons. The number of hydrogen-bond acceptors (Lipinski definition) is 6. The summed E-state index contributed by atoms with van der Waals surface area (Å²) in [7, 11) is 1.81. The molecule has 1 N–H and O–H groups in total. The summed E-state index contributed by atoms with van der Waals surface area (Å²) < 4.78 is 40.2. The van der Waals surface area contributed by atoms with Gasteiger partial charge >= 0.3 is 12.1 Å². The lowest BCUT2D eigenvalue weighted by molar-refractivity contribution is -0.184. The first-order chi connectivity index (χ1) is 13.5. The van der Waals surface area contributed by atoms with Gasteiger partial charge in [-0.3, -0.25) is 9.48 Å². The van der Waals surface area contributed by atoms with Crippen LogP contribution in [0.3, 0.4) is 0 Å². The molecule has 11 heteroatoms. The number of rotatable bonds is 3. The number of likely N-dealkylation sites (tertiary alicyclic amines) is 1. The van der Waals surface area contributed by atoms with Gasteiger partial charge in [0.25, 0.3) is 0 Å². The maximum absolute atomic E-state index is 12.9. The Hall–Kier alpha value is -2.85. The molecule has 0 aromatic carbocycles. The molecule has 0 radical (unpaired) electrons. The average molecular weight is 409 g/mol. The number of anilines is 3. The quantitative estimate of drug-likeness (QED) is 0.837. The van der Waals surface area contributed by atoms with Crippen LogP contribution >= 0.6 is 0 Å². The molecule has 0 bridgehead atoms. The number of aromatic nitrogens is 4. The largest absolute Gasteiger partial charge is 0.471 e. The monoisotopic (exact) mass is 409 g/mol. The summed E-state index contributed by atoms with van der Waals surface area (Å²) in [5, 5.41) is 7.17. The lowest BCUT2D eigenvalue weighted by Gasteiger charge is -2.29. The van der Waals surface area contributed by atoms with E-state index in [0.29, 0.717) is 24.9 Å². The predicted octanol–water partition coefficient (Wildman–Crippen LogP) is 2.19. The van der Waals surface area contributed by atoms with Crippen molar-refractivity contribution in [2.45, 2.75) is 20.0 Å². The lowest BCUT2D eigenvalue weighted by Crippen LogP contribution is -2.42. The van der Waals surface area contributed by atoms with Gasteiger partial charge in [0.1, 0.15) is 5.82 Å². The Morgan fingerprint density at radius 2 is 1.83 bits per heavy atom. The number of nitrogens with zero attached hydrogens (tertiary/aromatic N) is 6. The van der Waals surface area contributed by atoms with Gasteiger partial charge < -0.3 is 15.1 Å². The fourth-order valence-corrected chi connectivity index (χ4v) is 4.35. The van der Waals surface area contributed by atoms with E-state index in [2.05, 4.69) is 20.4 Å². The van der Waals surface area contributed by atoms with Crippen molar-refractivity contribution in [3.8, 4) is 0 Å². The van der Waals surface area contributed by atoms with E-state index >= 15 is 0 Å². The Balaban J connectivity index is 1.51. The van der Waals surface area contributed by atoms with Crippen LogP contribution in [0.2, 0.25) is 0 Å². The van der Waals surface area contributed by atoms with Crippen LogP contribution in [-0.2, 0) is 11.8 Å². The highest BCUT2D eigenvalue weighted by Crippen LogP contribution is 2.52. The van der Waals surface area contributed by atoms with E-state index < -0.39 is 22.9 Å². The number of fused-ring (bicyclic) bond motifs is 1. The topological polar surface area (TPSA) is 79.2 Å². The van der Waals surface area contributed by atoms with Gasteiger partial charge in [-0.15, -0.1) is 0 Å². The zero-order valence-corrected chi connectivity index (χ0v) is 16.4. The number of aryl methyl sites for hydroxylation is 1. The molecule has 2 aromatic rings. The van der Waals surface area contributed by atoms with Gasteiger partial charge in [0.2, 0.25) is 5.95 Å². The van der Waals surface area contributed by atoms with Gasteiger partial charge in [-0.05, 0) is 6.07 Å². The zero-order valence-electron chi connectivity index (χ0n) is 16.4. The molecule has 8 nitrogen and oxygen atoms in total. The second-order valence-electron chi connectivity index (χ2n) is 8.40. The molecule has 4 rings (SSSR count). The average Bonchev–Trinajstić information content (AvgIpc) is 3.21. The molecular formula is C18H22F3N7O. The number of alkyl halides is 3. The predicted molar refractivity (Wildman–Crippen MR) is 99.6 cm³/mol. The summed E-state index contributed by atoms with van der Waals surface area (Å²) >= 11 is 0. The van der Waals surface area contributed by atoms with Crippen molar-refractivity contribution in [3.63, 3.8) is 0 Å². The molecule has 2 atom stereocenters. The molecule has 0 saturated carbocycles. The van der Waals surface area contributed by atoms with Gasteiger partial charge in [-0.25, -0.2) is 4.98 Å². The third kappa shape index (κ3) is 3.38. The van der Waals surface area contributed by atoms with Crippen molar-refractivity contribution in [1.82, 2.24) is 24.6 Å². The zero-order chi connectivity index (χ0) is 21.0. The second kappa shape index (κ2) is 6.33. The maximum Gasteiger partial charge on any atom is 0.471 e. The van der Waals surface area contributed by atoms with Crippen molar-refractivity contribution in [3.05, 3.63) is 24.7 Å². The van der Waals surface area contributed by atoms with Crippen LogP contribution < -0.4 is 10.2 Å². The van der Waals surface area contributed by atoms with E-state index in [-0.39, 0.29) is 13.1 Å². The van der Waals surface area contributed by atoms with Crippen molar-refractivity contribution in [1.29, 1.82) is 0 Å². The number of nitrogens with one attached hydrogen (secondary N) is 1. The van der Waals surface area contributed by atoms with Crippen LogP contribution in [0.15, 0.2) is 24.7 Å². The minimum Gasteiger partial charge on any atom is -0.355 e. The second-order valence-corrected chi connectivity index (χ2v) is 8.40. The molecule has 0 aliphatic carbocycles. The van der Waals surface area contributed by atoms with Crippen LogP contribution in [0.5, 0.6) is 0 Å². The standard InChI is InChI=1S/C18H22F3N7O/c1-16-8-27(9-17(16,2)11-28(10-16)14(29)18(19,20)21)13-4-5-22-15(25-13)24-12-6-23-26(3)7-12/h4-7H,8-11H2,1-3H3,(H,22,24,25). The number of amides is 1. The van der Waals surface area contributed by atoms with Crippen molar-refractivity contribution in [2.24, 2.45) is 17.9 Å². The minimum atomic E-state index is -4.84. The van der Waals surface area contributed by atoms with Crippen molar-refractivity contribution < 1.29 is 18.0 Å². The summed E-state index contributed by atoms with van der Waals surface area (Å²) in [6.45, 7) is 5.04. The van der Waals surface area contributed by atoms with Crippen LogP contribution in [0.4, 0.5) is 30.6 Å². The number of halogens is 3. The Bertz CT molecular complexity index is 926. The molecule has 29 heavy (non-hydrogen) atoms. The van der Waals surface area contributed by atoms with Gasteiger partial charge in [0, 0.05) is 56.5 Å². The fraction of sp³-hybridized carbons (Fsp3) is 0.556. The van der Waals surface area contributed by atoms with E-state index in [0.717, 1.165) is 10.6 Å². The third-order valence-corrected chi connectivity index (χ3v) is 6.07. The molecule has 2 aliphatic heterocycles. The van der Waals surface area contributed by atoms with E-state index in [1.54, 1.807) is 36.4 Å². The molecule has 2 aliphatic rings. The normalized spacial score (nSPS) is 26.7.